The van der Waals surface area contributed by atoms with Crippen LogP contribution in [0.4, 0.5) is 0 Å². The van der Waals surface area contributed by atoms with Gasteiger partial charge in [-0.1, -0.05) is 63.9 Å². The van der Waals surface area contributed by atoms with Crippen LogP contribution in [-0.4, -0.2) is 38.4 Å². The Morgan fingerprint density at radius 3 is 2.17 bits per heavy atom. The minimum atomic E-state index is -0.887. The first-order valence-electron chi connectivity index (χ1n) is 10.1. The second kappa shape index (κ2) is 7.80. The monoisotopic (exact) mass is 525 g/mol. The summed E-state index contributed by atoms with van der Waals surface area (Å²) in [6.07, 6.45) is 1.27. The van der Waals surface area contributed by atoms with Gasteiger partial charge < -0.3 is 4.74 Å². The zero-order chi connectivity index (χ0) is 21.0. The molecule has 1 heterocycles. The highest BCUT2D eigenvalue weighted by Crippen LogP contribution is 2.60. The number of esters is 1. The van der Waals surface area contributed by atoms with E-state index >= 15 is 0 Å². The van der Waals surface area contributed by atoms with Gasteiger partial charge >= 0.3 is 5.97 Å². The standard InChI is InChI=1S/C22H25Br2NO4/c1-10(2)8-14(22(28)29-15-7-5-4-6-11(15)3)25-20(26)16-12-9-13(17(16)21(25)27)19(24)18(12)23/h4-7,10,12-14,16-19H,8-9H2,1-3H3/t12-,13-,14+,16-,17+,18-,19+/m1/s1. The van der Waals surface area contributed by atoms with Crippen LogP contribution in [0.5, 0.6) is 5.75 Å². The quantitative estimate of drug-likeness (QED) is 0.251. The fourth-order valence-corrected chi connectivity index (χ4v) is 7.15. The summed E-state index contributed by atoms with van der Waals surface area (Å²) < 4.78 is 5.65. The molecule has 2 bridgehead atoms. The number of rotatable bonds is 5. The average molecular weight is 527 g/mol. The van der Waals surface area contributed by atoms with E-state index in [1.807, 2.05) is 32.9 Å². The molecule has 0 unspecified atom stereocenters. The molecule has 2 aliphatic carbocycles. The van der Waals surface area contributed by atoms with Crippen molar-refractivity contribution in [1.29, 1.82) is 0 Å². The summed E-state index contributed by atoms with van der Waals surface area (Å²) in [5.41, 5.74) is 0.836. The largest absolute Gasteiger partial charge is 0.425 e. The number of ether oxygens (including phenoxy) is 1. The minimum absolute atomic E-state index is 0.128. The predicted octanol–water partition coefficient (Wildman–Crippen LogP) is 4.09. The fourth-order valence-electron chi connectivity index (χ4n) is 5.28. The lowest BCUT2D eigenvalue weighted by molar-refractivity contribution is -0.154. The summed E-state index contributed by atoms with van der Waals surface area (Å²) in [5, 5.41) is 0. The summed E-state index contributed by atoms with van der Waals surface area (Å²) in [6, 6.07) is 6.37. The number of carbonyl (C=O) groups excluding carboxylic acids is 3. The number of nitrogens with zero attached hydrogens (tertiary/aromatic N) is 1. The highest BCUT2D eigenvalue weighted by Gasteiger charge is 2.67. The van der Waals surface area contributed by atoms with Gasteiger partial charge in [-0.15, -0.1) is 0 Å². The van der Waals surface area contributed by atoms with Gasteiger partial charge in [0, 0.05) is 9.65 Å². The third kappa shape index (κ3) is 3.38. The third-order valence-electron chi connectivity index (χ3n) is 6.60. The van der Waals surface area contributed by atoms with Crippen molar-refractivity contribution in [2.75, 3.05) is 0 Å². The van der Waals surface area contributed by atoms with Gasteiger partial charge in [-0.25, -0.2) is 4.79 Å². The number of amides is 2. The molecule has 0 spiro atoms. The molecule has 29 heavy (non-hydrogen) atoms. The number of aryl methyl sites for hydroxylation is 1. The number of halogens is 2. The molecule has 0 aromatic heterocycles. The van der Waals surface area contributed by atoms with Crippen molar-refractivity contribution in [3.63, 3.8) is 0 Å². The van der Waals surface area contributed by atoms with Crippen LogP contribution >= 0.6 is 31.9 Å². The zero-order valence-electron chi connectivity index (χ0n) is 16.7. The van der Waals surface area contributed by atoms with Gasteiger partial charge in [-0.3, -0.25) is 14.5 Å². The van der Waals surface area contributed by atoms with Crippen molar-refractivity contribution in [2.24, 2.45) is 29.6 Å². The lowest BCUT2D eigenvalue weighted by atomic mass is 9.81. The molecule has 2 amide bonds. The van der Waals surface area contributed by atoms with E-state index in [2.05, 4.69) is 31.9 Å². The SMILES string of the molecule is Cc1ccccc1OC(=O)[C@H](CC(C)C)N1C(=O)[C@@H]2[C@H]3C[C@@H]([C@H](Br)[C@@H]3Br)[C@@H]2C1=O. The Hall–Kier alpha value is -1.21. The first-order chi connectivity index (χ1) is 13.7. The first-order valence-corrected chi connectivity index (χ1v) is 12.0. The van der Waals surface area contributed by atoms with Crippen LogP contribution in [0.15, 0.2) is 24.3 Å². The highest BCUT2D eigenvalue weighted by molar-refractivity contribution is 9.12. The van der Waals surface area contributed by atoms with E-state index in [0.29, 0.717) is 12.2 Å². The number of hydrogen-bond acceptors (Lipinski definition) is 4. The molecule has 2 saturated carbocycles. The second-order valence-corrected chi connectivity index (χ2v) is 11.0. The average Bonchev–Trinajstić information content (AvgIpc) is 3.27. The Morgan fingerprint density at radius 1 is 1.10 bits per heavy atom. The Labute approximate surface area is 187 Å². The van der Waals surface area contributed by atoms with Gasteiger partial charge in [0.1, 0.15) is 11.8 Å². The predicted molar refractivity (Wildman–Crippen MR) is 116 cm³/mol. The van der Waals surface area contributed by atoms with Gasteiger partial charge in [0.25, 0.3) is 0 Å². The van der Waals surface area contributed by atoms with E-state index in [1.165, 1.54) is 4.90 Å². The van der Waals surface area contributed by atoms with Crippen LogP contribution in [-0.2, 0) is 14.4 Å². The van der Waals surface area contributed by atoms with E-state index in [1.54, 1.807) is 12.1 Å². The molecule has 3 fully saturated rings. The van der Waals surface area contributed by atoms with Crippen molar-refractivity contribution in [1.82, 2.24) is 4.90 Å². The van der Waals surface area contributed by atoms with Crippen LogP contribution in [0, 0.1) is 36.5 Å². The normalized spacial score (nSPS) is 34.1. The highest BCUT2D eigenvalue weighted by atomic mass is 79.9. The van der Waals surface area contributed by atoms with Gasteiger partial charge in [-0.2, -0.15) is 0 Å². The fraction of sp³-hybridized carbons (Fsp3) is 0.591. The minimum Gasteiger partial charge on any atom is -0.425 e. The topological polar surface area (TPSA) is 63.7 Å². The van der Waals surface area contributed by atoms with Gasteiger partial charge in [-0.05, 0) is 49.1 Å². The van der Waals surface area contributed by atoms with Crippen LogP contribution in [0.1, 0.15) is 32.3 Å². The maximum atomic E-state index is 13.3. The molecule has 5 nitrogen and oxygen atoms in total. The summed E-state index contributed by atoms with van der Waals surface area (Å²) in [5.74, 6) is -0.744. The number of likely N-dealkylation sites (tertiary alicyclic amines) is 1. The smallest absolute Gasteiger partial charge is 0.334 e. The molecule has 0 N–H and O–H groups in total. The Bertz CT molecular complexity index is 825. The maximum absolute atomic E-state index is 13.3. The number of hydrogen-bond donors (Lipinski definition) is 0. The lowest BCUT2D eigenvalue weighted by Crippen LogP contribution is -2.48. The summed E-state index contributed by atoms with van der Waals surface area (Å²) in [6.45, 7) is 5.82. The van der Waals surface area contributed by atoms with E-state index < -0.39 is 12.0 Å². The molecule has 1 saturated heterocycles. The first kappa shape index (κ1) is 21.0. The van der Waals surface area contributed by atoms with Crippen molar-refractivity contribution in [3.05, 3.63) is 29.8 Å². The van der Waals surface area contributed by atoms with E-state index in [4.69, 9.17) is 4.74 Å². The number of para-hydroxylation sites is 1. The van der Waals surface area contributed by atoms with Crippen LogP contribution in [0.2, 0.25) is 0 Å². The molecule has 7 atom stereocenters. The molecule has 1 aromatic carbocycles. The molecule has 4 rings (SSSR count). The van der Waals surface area contributed by atoms with Gasteiger partial charge in [0.2, 0.25) is 11.8 Å². The van der Waals surface area contributed by atoms with Crippen LogP contribution < -0.4 is 4.74 Å². The van der Waals surface area contributed by atoms with E-state index in [9.17, 15) is 14.4 Å². The lowest BCUT2D eigenvalue weighted by Gasteiger charge is -2.28. The van der Waals surface area contributed by atoms with E-state index in [-0.39, 0.29) is 51.1 Å². The Balaban J connectivity index is 1.62. The third-order valence-corrected chi connectivity index (χ3v) is 9.81. The Morgan fingerprint density at radius 2 is 1.66 bits per heavy atom. The number of fused-ring (bicyclic) bond motifs is 5. The molecular formula is C22H25Br2NO4. The van der Waals surface area contributed by atoms with Crippen LogP contribution in [0.25, 0.3) is 0 Å². The number of imide groups is 1. The molecule has 0 radical (unpaired) electrons. The molecule has 1 aliphatic heterocycles. The zero-order valence-corrected chi connectivity index (χ0v) is 19.9. The van der Waals surface area contributed by atoms with Gasteiger partial charge in [0.05, 0.1) is 11.8 Å². The Kier molecular flexibility index (Phi) is 5.66. The molecule has 1 aromatic rings. The summed E-state index contributed by atoms with van der Waals surface area (Å²) >= 11 is 7.41. The number of carbonyl (C=O) groups is 3. The molecule has 7 heteroatoms. The van der Waals surface area contributed by atoms with Crippen molar-refractivity contribution in [2.45, 2.75) is 49.3 Å². The van der Waals surface area contributed by atoms with Gasteiger partial charge in [0.15, 0.2) is 0 Å². The number of alkyl halides is 2. The molecular weight excluding hydrogens is 502 g/mol. The molecule has 156 valence electrons. The maximum Gasteiger partial charge on any atom is 0.334 e. The summed E-state index contributed by atoms with van der Waals surface area (Å²) in [4.78, 5) is 41.4. The van der Waals surface area contributed by atoms with Crippen molar-refractivity contribution < 1.29 is 19.1 Å². The van der Waals surface area contributed by atoms with Crippen molar-refractivity contribution >= 4 is 49.6 Å². The van der Waals surface area contributed by atoms with E-state index in [0.717, 1.165) is 12.0 Å². The summed E-state index contributed by atoms with van der Waals surface area (Å²) in [7, 11) is 0. The van der Waals surface area contributed by atoms with Crippen LogP contribution in [0.3, 0.4) is 0 Å². The number of benzene rings is 1. The molecule has 3 aliphatic rings. The van der Waals surface area contributed by atoms with Crippen molar-refractivity contribution in [3.8, 4) is 5.75 Å². The second-order valence-electron chi connectivity index (χ2n) is 8.88.